The van der Waals surface area contributed by atoms with Crippen molar-refractivity contribution < 1.29 is 9.53 Å². The Bertz CT molecular complexity index is 465. The van der Waals surface area contributed by atoms with E-state index in [2.05, 4.69) is 20.9 Å². The van der Waals surface area contributed by atoms with Crippen molar-refractivity contribution in [2.24, 2.45) is 5.41 Å². The second-order valence-corrected chi connectivity index (χ2v) is 6.07. The minimum Gasteiger partial charge on any atom is -0.384 e. The highest BCUT2D eigenvalue weighted by molar-refractivity contribution is 5.85. The minimum absolute atomic E-state index is 0. The van der Waals surface area contributed by atoms with Gasteiger partial charge in [-0.15, -0.1) is 24.8 Å². The molecule has 2 heterocycles. The number of amides is 1. The van der Waals surface area contributed by atoms with Crippen molar-refractivity contribution in [3.8, 4) is 0 Å². The van der Waals surface area contributed by atoms with Gasteiger partial charge >= 0.3 is 0 Å². The average molecular weight is 393 g/mol. The summed E-state index contributed by atoms with van der Waals surface area (Å²) >= 11 is 0. The maximum atomic E-state index is 12.5. The number of aromatic nitrogens is 1. The molecule has 1 amide bonds. The van der Waals surface area contributed by atoms with Gasteiger partial charge in [-0.05, 0) is 50.9 Å². The highest BCUT2D eigenvalue weighted by atomic mass is 35.5. The molecule has 0 unspecified atom stereocenters. The average Bonchev–Trinajstić information content (AvgIpc) is 2.60. The zero-order valence-corrected chi connectivity index (χ0v) is 16.4. The van der Waals surface area contributed by atoms with E-state index in [9.17, 15) is 4.79 Å². The minimum atomic E-state index is -0.355. The van der Waals surface area contributed by atoms with Gasteiger partial charge in [-0.3, -0.25) is 4.79 Å². The Morgan fingerprint density at radius 3 is 2.60 bits per heavy atom. The molecular weight excluding hydrogens is 363 g/mol. The lowest BCUT2D eigenvalue weighted by atomic mass is 9.78. The Kier molecular flexibility index (Phi) is 12.6. The summed E-state index contributed by atoms with van der Waals surface area (Å²) in [6, 6.07) is 5.81. The third-order valence-electron chi connectivity index (χ3n) is 4.32. The van der Waals surface area contributed by atoms with E-state index in [4.69, 9.17) is 4.74 Å². The third kappa shape index (κ3) is 7.77. The van der Waals surface area contributed by atoms with E-state index in [1.165, 1.54) is 0 Å². The van der Waals surface area contributed by atoms with Crippen LogP contribution in [0.25, 0.3) is 0 Å². The Morgan fingerprint density at radius 2 is 1.96 bits per heavy atom. The van der Waals surface area contributed by atoms with Crippen molar-refractivity contribution in [2.45, 2.75) is 25.7 Å². The number of ether oxygens (including phenoxy) is 1. The van der Waals surface area contributed by atoms with Gasteiger partial charge in [-0.2, -0.15) is 0 Å². The topological polar surface area (TPSA) is 75.3 Å². The fraction of sp³-hybridized carbons (Fsp3) is 0.647. The van der Waals surface area contributed by atoms with E-state index in [1.54, 1.807) is 13.3 Å². The summed E-state index contributed by atoms with van der Waals surface area (Å²) < 4.78 is 5.29. The van der Waals surface area contributed by atoms with Gasteiger partial charge in [0.25, 0.3) is 0 Å². The van der Waals surface area contributed by atoms with Gasteiger partial charge in [-0.1, -0.05) is 6.07 Å². The van der Waals surface area contributed by atoms with Crippen molar-refractivity contribution >= 4 is 36.5 Å². The highest BCUT2D eigenvalue weighted by Gasteiger charge is 2.39. The van der Waals surface area contributed by atoms with Crippen LogP contribution in [0.3, 0.4) is 0 Å². The SMILES string of the molecule is COCC1(C(=O)NCCCCNc2ccccn2)CCNCC1.Cl.Cl. The van der Waals surface area contributed by atoms with Gasteiger partial charge in [0.15, 0.2) is 0 Å². The maximum absolute atomic E-state index is 12.5. The molecule has 0 aromatic carbocycles. The summed E-state index contributed by atoms with van der Waals surface area (Å²) in [5.41, 5.74) is -0.355. The summed E-state index contributed by atoms with van der Waals surface area (Å²) in [6.45, 7) is 3.83. The van der Waals surface area contributed by atoms with Gasteiger partial charge in [0.2, 0.25) is 5.91 Å². The number of methoxy groups -OCH3 is 1. The second kappa shape index (κ2) is 13.2. The number of hydrogen-bond donors (Lipinski definition) is 3. The molecule has 0 saturated carbocycles. The lowest BCUT2D eigenvalue weighted by Crippen LogP contribution is -2.50. The summed E-state index contributed by atoms with van der Waals surface area (Å²) in [5, 5.41) is 9.66. The van der Waals surface area contributed by atoms with Crippen LogP contribution in [0.15, 0.2) is 24.4 Å². The molecule has 1 aromatic heterocycles. The molecule has 1 aromatic rings. The number of hydrogen-bond acceptors (Lipinski definition) is 5. The van der Waals surface area contributed by atoms with Crippen molar-refractivity contribution in [1.29, 1.82) is 0 Å². The first kappa shape index (κ1) is 23.9. The highest BCUT2D eigenvalue weighted by Crippen LogP contribution is 2.29. The summed E-state index contributed by atoms with van der Waals surface area (Å²) in [5.74, 6) is 1.03. The number of nitrogens with zero attached hydrogens (tertiary/aromatic N) is 1. The number of pyridine rings is 1. The van der Waals surface area contributed by atoms with Gasteiger partial charge < -0.3 is 20.7 Å². The maximum Gasteiger partial charge on any atom is 0.228 e. The quantitative estimate of drug-likeness (QED) is 0.561. The molecule has 6 nitrogen and oxygen atoms in total. The standard InChI is InChI=1S/C17H28N4O2.2ClH/c1-23-14-17(7-12-18-13-8-17)16(22)21-11-5-4-10-20-15-6-2-3-9-19-15;;/h2-3,6,9,18H,4-5,7-8,10-14H2,1H3,(H,19,20)(H,21,22);2*1H. The van der Waals surface area contributed by atoms with Crippen LogP contribution in [-0.2, 0) is 9.53 Å². The van der Waals surface area contributed by atoms with Crippen LogP contribution in [0.1, 0.15) is 25.7 Å². The first-order valence-corrected chi connectivity index (χ1v) is 8.40. The Balaban J connectivity index is 0.00000288. The Hall–Kier alpha value is -1.08. The normalized spacial score (nSPS) is 15.4. The Morgan fingerprint density at radius 1 is 1.24 bits per heavy atom. The predicted molar refractivity (Wildman–Crippen MR) is 106 cm³/mol. The third-order valence-corrected chi connectivity index (χ3v) is 4.32. The molecule has 0 bridgehead atoms. The van der Waals surface area contributed by atoms with Crippen molar-refractivity contribution in [3.63, 3.8) is 0 Å². The Labute approximate surface area is 162 Å². The molecule has 1 fully saturated rings. The van der Waals surface area contributed by atoms with E-state index in [-0.39, 0.29) is 36.1 Å². The van der Waals surface area contributed by atoms with E-state index >= 15 is 0 Å². The smallest absolute Gasteiger partial charge is 0.228 e. The zero-order chi connectivity index (χ0) is 16.4. The number of anilines is 1. The number of unbranched alkanes of at least 4 members (excludes halogenated alkanes) is 1. The van der Waals surface area contributed by atoms with Gasteiger partial charge in [0.05, 0.1) is 12.0 Å². The van der Waals surface area contributed by atoms with Crippen LogP contribution in [0.5, 0.6) is 0 Å². The number of carbonyl (C=O) groups excluding carboxylic acids is 1. The van der Waals surface area contributed by atoms with E-state index in [0.717, 1.165) is 51.1 Å². The van der Waals surface area contributed by atoms with Crippen molar-refractivity contribution in [3.05, 3.63) is 24.4 Å². The molecular formula is C17H30Cl2N4O2. The molecule has 1 saturated heterocycles. The number of carbonyl (C=O) groups is 1. The molecule has 25 heavy (non-hydrogen) atoms. The molecule has 0 radical (unpaired) electrons. The van der Waals surface area contributed by atoms with Crippen LogP contribution < -0.4 is 16.0 Å². The van der Waals surface area contributed by atoms with E-state index < -0.39 is 0 Å². The monoisotopic (exact) mass is 392 g/mol. The van der Waals surface area contributed by atoms with Gasteiger partial charge in [0.1, 0.15) is 5.82 Å². The number of halogens is 2. The molecule has 1 aliphatic heterocycles. The number of nitrogens with one attached hydrogen (secondary N) is 3. The molecule has 3 N–H and O–H groups in total. The zero-order valence-electron chi connectivity index (χ0n) is 14.8. The molecule has 0 spiro atoms. The van der Waals surface area contributed by atoms with Crippen LogP contribution >= 0.6 is 24.8 Å². The molecule has 2 rings (SSSR count). The van der Waals surface area contributed by atoms with Gasteiger partial charge in [0, 0.05) is 26.4 Å². The van der Waals surface area contributed by atoms with Gasteiger partial charge in [-0.25, -0.2) is 4.98 Å². The number of piperidine rings is 1. The molecule has 144 valence electrons. The number of rotatable bonds is 9. The van der Waals surface area contributed by atoms with E-state index in [0.29, 0.717) is 13.2 Å². The van der Waals surface area contributed by atoms with E-state index in [1.807, 2.05) is 18.2 Å². The predicted octanol–water partition coefficient (Wildman–Crippen LogP) is 2.25. The lowest BCUT2D eigenvalue weighted by Gasteiger charge is -2.35. The van der Waals surface area contributed by atoms with Crippen LogP contribution in [0.2, 0.25) is 0 Å². The first-order chi connectivity index (χ1) is 11.3. The van der Waals surface area contributed by atoms with Crippen molar-refractivity contribution in [2.75, 3.05) is 45.2 Å². The van der Waals surface area contributed by atoms with Crippen LogP contribution in [0.4, 0.5) is 5.82 Å². The molecule has 0 aliphatic carbocycles. The molecule has 1 aliphatic rings. The lowest BCUT2D eigenvalue weighted by molar-refractivity contribution is -0.136. The van der Waals surface area contributed by atoms with Crippen LogP contribution in [-0.4, -0.2) is 50.8 Å². The summed E-state index contributed by atoms with van der Waals surface area (Å²) in [7, 11) is 1.67. The summed E-state index contributed by atoms with van der Waals surface area (Å²) in [6.07, 6.45) is 5.40. The fourth-order valence-electron chi connectivity index (χ4n) is 2.94. The van der Waals surface area contributed by atoms with Crippen molar-refractivity contribution in [1.82, 2.24) is 15.6 Å². The summed E-state index contributed by atoms with van der Waals surface area (Å²) in [4.78, 5) is 16.7. The molecule has 0 atom stereocenters. The molecule has 8 heteroatoms. The first-order valence-electron chi connectivity index (χ1n) is 8.40. The van der Waals surface area contributed by atoms with Crippen LogP contribution in [0, 0.1) is 5.41 Å². The fourth-order valence-corrected chi connectivity index (χ4v) is 2.94. The second-order valence-electron chi connectivity index (χ2n) is 6.07. The largest absolute Gasteiger partial charge is 0.384 e.